The number of aliphatic hydroxyl groups is 2. The van der Waals surface area contributed by atoms with Crippen molar-refractivity contribution in [2.75, 3.05) is 19.4 Å². The molecule has 20 heavy (non-hydrogen) atoms. The Balaban J connectivity index is 2.52. The molecule has 1 aromatic carbocycles. The number of thioether (sulfide) groups is 1. The molecule has 0 bridgehead atoms. The van der Waals surface area contributed by atoms with Crippen molar-refractivity contribution in [2.24, 2.45) is 0 Å². The Bertz CT molecular complexity index is 377. The highest BCUT2D eigenvalue weighted by molar-refractivity contribution is 7.99. The van der Waals surface area contributed by atoms with Gasteiger partial charge in [0.2, 0.25) is 0 Å². The Morgan fingerprint density at radius 3 is 2.10 bits per heavy atom. The molecule has 3 unspecified atom stereocenters. The molecular formula is C16H27NO2S. The van der Waals surface area contributed by atoms with E-state index < -0.39 is 6.10 Å². The first-order valence-corrected chi connectivity index (χ1v) is 8.43. The number of nitrogens with one attached hydrogen (secondary N) is 1. The molecule has 1 rings (SSSR count). The maximum absolute atomic E-state index is 10.2. The lowest BCUT2D eigenvalue weighted by molar-refractivity contribution is 0.167. The summed E-state index contributed by atoms with van der Waals surface area (Å²) in [5.74, 6) is 0.506. The summed E-state index contributed by atoms with van der Waals surface area (Å²) in [5, 5.41) is 22.9. The number of rotatable bonds is 8. The third kappa shape index (κ3) is 5.09. The van der Waals surface area contributed by atoms with Crippen molar-refractivity contribution in [3.63, 3.8) is 0 Å². The standard InChI is InChI=1S/C16H27NO2S/c1-11(2)13-5-7-14(8-6-13)15(19)9-17-12(3)16(10-18)20-4/h5-8,11-12,15-19H,9-10H2,1-4H3. The van der Waals surface area contributed by atoms with E-state index in [2.05, 4.69) is 31.3 Å². The smallest absolute Gasteiger partial charge is 0.0914 e. The first kappa shape index (κ1) is 17.5. The highest BCUT2D eigenvalue weighted by Gasteiger charge is 2.16. The van der Waals surface area contributed by atoms with Gasteiger partial charge in [-0.2, -0.15) is 11.8 Å². The van der Waals surface area contributed by atoms with Crippen molar-refractivity contribution in [1.82, 2.24) is 5.32 Å². The second-order valence-electron chi connectivity index (χ2n) is 5.49. The monoisotopic (exact) mass is 297 g/mol. The normalized spacial score (nSPS) is 16.1. The molecule has 0 radical (unpaired) electrons. The summed E-state index contributed by atoms with van der Waals surface area (Å²) < 4.78 is 0. The van der Waals surface area contributed by atoms with Crippen LogP contribution >= 0.6 is 11.8 Å². The van der Waals surface area contributed by atoms with Crippen molar-refractivity contribution in [3.05, 3.63) is 35.4 Å². The third-order valence-electron chi connectivity index (χ3n) is 3.66. The van der Waals surface area contributed by atoms with Gasteiger partial charge in [0.05, 0.1) is 12.7 Å². The summed E-state index contributed by atoms with van der Waals surface area (Å²) in [6.45, 7) is 7.00. The van der Waals surface area contributed by atoms with Gasteiger partial charge in [0.1, 0.15) is 0 Å². The third-order valence-corrected chi connectivity index (χ3v) is 4.82. The van der Waals surface area contributed by atoms with Crippen LogP contribution in [0.25, 0.3) is 0 Å². The van der Waals surface area contributed by atoms with Crippen molar-refractivity contribution in [1.29, 1.82) is 0 Å². The SMILES string of the molecule is CSC(CO)C(C)NCC(O)c1ccc(C(C)C)cc1. The van der Waals surface area contributed by atoms with Crippen LogP contribution in [0.5, 0.6) is 0 Å². The van der Waals surface area contributed by atoms with Crippen LogP contribution in [0.1, 0.15) is 43.9 Å². The van der Waals surface area contributed by atoms with E-state index in [1.807, 2.05) is 25.3 Å². The van der Waals surface area contributed by atoms with Crippen LogP contribution in [0, 0.1) is 0 Å². The molecule has 4 heteroatoms. The lowest BCUT2D eigenvalue weighted by Crippen LogP contribution is -2.39. The molecule has 0 aliphatic rings. The van der Waals surface area contributed by atoms with Gasteiger partial charge in [0, 0.05) is 17.8 Å². The molecule has 0 amide bonds. The van der Waals surface area contributed by atoms with Gasteiger partial charge in [-0.05, 0) is 30.2 Å². The Labute approximate surface area is 126 Å². The van der Waals surface area contributed by atoms with E-state index in [0.717, 1.165) is 5.56 Å². The largest absolute Gasteiger partial charge is 0.395 e. The van der Waals surface area contributed by atoms with Gasteiger partial charge in [-0.3, -0.25) is 0 Å². The van der Waals surface area contributed by atoms with Crippen LogP contribution in [-0.4, -0.2) is 40.9 Å². The topological polar surface area (TPSA) is 52.5 Å². The fourth-order valence-electron chi connectivity index (χ4n) is 2.09. The lowest BCUT2D eigenvalue weighted by atomic mass is 10.00. The van der Waals surface area contributed by atoms with Crippen molar-refractivity contribution < 1.29 is 10.2 Å². The van der Waals surface area contributed by atoms with Crippen LogP contribution in [0.3, 0.4) is 0 Å². The highest BCUT2D eigenvalue weighted by Crippen LogP contribution is 2.19. The molecule has 0 saturated heterocycles. The van der Waals surface area contributed by atoms with Gasteiger partial charge < -0.3 is 15.5 Å². The van der Waals surface area contributed by atoms with E-state index in [4.69, 9.17) is 0 Å². The van der Waals surface area contributed by atoms with Gasteiger partial charge in [0.25, 0.3) is 0 Å². The summed E-state index contributed by atoms with van der Waals surface area (Å²) in [6.07, 6.45) is 1.47. The zero-order valence-corrected chi connectivity index (χ0v) is 13.7. The summed E-state index contributed by atoms with van der Waals surface area (Å²) >= 11 is 1.64. The van der Waals surface area contributed by atoms with Crippen LogP contribution in [0.15, 0.2) is 24.3 Å². The molecule has 1 aromatic rings. The molecule has 0 aliphatic carbocycles. The first-order chi connectivity index (χ1) is 9.49. The van der Waals surface area contributed by atoms with E-state index in [9.17, 15) is 10.2 Å². The molecule has 114 valence electrons. The van der Waals surface area contributed by atoms with Crippen molar-refractivity contribution in [3.8, 4) is 0 Å². The summed E-state index contributed by atoms with van der Waals surface area (Å²) in [5.41, 5.74) is 2.21. The predicted octanol–water partition coefficient (Wildman–Crippen LogP) is 2.55. The van der Waals surface area contributed by atoms with Crippen LogP contribution in [0.4, 0.5) is 0 Å². The number of benzene rings is 1. The van der Waals surface area contributed by atoms with E-state index in [-0.39, 0.29) is 17.9 Å². The minimum atomic E-state index is -0.514. The van der Waals surface area contributed by atoms with Crippen LogP contribution in [-0.2, 0) is 0 Å². The molecule has 3 atom stereocenters. The minimum Gasteiger partial charge on any atom is -0.395 e. The Kier molecular flexibility index (Phi) is 7.59. The first-order valence-electron chi connectivity index (χ1n) is 7.14. The number of hydrogen-bond acceptors (Lipinski definition) is 4. The van der Waals surface area contributed by atoms with E-state index in [1.165, 1.54) is 5.56 Å². The molecule has 0 fully saturated rings. The molecular weight excluding hydrogens is 270 g/mol. The summed E-state index contributed by atoms with van der Waals surface area (Å²) in [4.78, 5) is 0. The van der Waals surface area contributed by atoms with E-state index in [1.54, 1.807) is 11.8 Å². The second kappa shape index (κ2) is 8.67. The number of aliphatic hydroxyl groups excluding tert-OH is 2. The molecule has 3 N–H and O–H groups in total. The Morgan fingerprint density at radius 2 is 1.65 bits per heavy atom. The predicted molar refractivity (Wildman–Crippen MR) is 87.3 cm³/mol. The van der Waals surface area contributed by atoms with Gasteiger partial charge >= 0.3 is 0 Å². The molecule has 0 aromatic heterocycles. The minimum absolute atomic E-state index is 0.147. The fraction of sp³-hybridized carbons (Fsp3) is 0.625. The molecule has 0 spiro atoms. The van der Waals surface area contributed by atoms with E-state index in [0.29, 0.717) is 12.5 Å². The van der Waals surface area contributed by atoms with Gasteiger partial charge in [0.15, 0.2) is 0 Å². The highest BCUT2D eigenvalue weighted by atomic mass is 32.2. The number of hydrogen-bond donors (Lipinski definition) is 3. The maximum atomic E-state index is 10.2. The van der Waals surface area contributed by atoms with Gasteiger partial charge in [-0.1, -0.05) is 38.1 Å². The average molecular weight is 297 g/mol. The molecule has 0 aliphatic heterocycles. The summed E-state index contributed by atoms with van der Waals surface area (Å²) in [7, 11) is 0. The van der Waals surface area contributed by atoms with Gasteiger partial charge in [-0.15, -0.1) is 0 Å². The molecule has 3 nitrogen and oxygen atoms in total. The zero-order chi connectivity index (χ0) is 15.1. The lowest BCUT2D eigenvalue weighted by Gasteiger charge is -2.23. The molecule has 0 heterocycles. The quantitative estimate of drug-likeness (QED) is 0.690. The maximum Gasteiger partial charge on any atom is 0.0914 e. The zero-order valence-electron chi connectivity index (χ0n) is 12.8. The Hall–Kier alpha value is -0.550. The fourth-order valence-corrected chi connectivity index (χ4v) is 2.74. The van der Waals surface area contributed by atoms with Gasteiger partial charge in [-0.25, -0.2) is 0 Å². The van der Waals surface area contributed by atoms with Crippen molar-refractivity contribution in [2.45, 2.75) is 44.1 Å². The van der Waals surface area contributed by atoms with Crippen LogP contribution < -0.4 is 5.32 Å². The Morgan fingerprint density at radius 1 is 1.10 bits per heavy atom. The second-order valence-corrected chi connectivity index (χ2v) is 6.57. The average Bonchev–Trinajstić information content (AvgIpc) is 2.46. The van der Waals surface area contributed by atoms with E-state index >= 15 is 0 Å². The van der Waals surface area contributed by atoms with Crippen LogP contribution in [0.2, 0.25) is 0 Å². The van der Waals surface area contributed by atoms with Crippen molar-refractivity contribution >= 4 is 11.8 Å². The summed E-state index contributed by atoms with van der Waals surface area (Å²) in [6, 6.07) is 8.30. The molecule has 0 saturated carbocycles.